The summed E-state index contributed by atoms with van der Waals surface area (Å²) >= 11 is 0. The van der Waals surface area contributed by atoms with Crippen molar-refractivity contribution >= 4 is 0 Å². The summed E-state index contributed by atoms with van der Waals surface area (Å²) in [4.78, 5) is 0. The summed E-state index contributed by atoms with van der Waals surface area (Å²) in [5.41, 5.74) is 0.100. The maximum Gasteiger partial charge on any atom is 0.0684 e. The summed E-state index contributed by atoms with van der Waals surface area (Å²) in [6, 6.07) is 0. The molecule has 3 rings (SSSR count). The van der Waals surface area contributed by atoms with Crippen LogP contribution in [0.5, 0.6) is 0 Å². The van der Waals surface area contributed by atoms with E-state index in [0.29, 0.717) is 24.4 Å². The molecule has 0 bridgehead atoms. The maximum absolute atomic E-state index is 10.2. The lowest BCUT2D eigenvalue weighted by Gasteiger charge is -2.56. The van der Waals surface area contributed by atoms with Crippen LogP contribution in [0.1, 0.15) is 65.2 Å². The molecule has 2 aliphatic carbocycles. The van der Waals surface area contributed by atoms with Gasteiger partial charge in [-0.15, -0.1) is 0 Å². The molecule has 0 radical (unpaired) electrons. The van der Waals surface area contributed by atoms with Gasteiger partial charge in [0.2, 0.25) is 0 Å². The molecule has 1 heterocycles. The highest BCUT2D eigenvalue weighted by atomic mass is 16.5. The van der Waals surface area contributed by atoms with Crippen LogP contribution < -0.4 is 0 Å². The van der Waals surface area contributed by atoms with E-state index in [4.69, 9.17) is 9.47 Å². The molecule has 19 heavy (non-hydrogen) atoms. The molecule has 4 atom stereocenters. The van der Waals surface area contributed by atoms with Crippen molar-refractivity contribution in [1.82, 2.24) is 0 Å². The fourth-order valence-corrected chi connectivity index (χ4v) is 4.47. The molecule has 1 spiro atoms. The van der Waals surface area contributed by atoms with Gasteiger partial charge in [0.1, 0.15) is 0 Å². The second kappa shape index (κ2) is 5.34. The molecule has 3 aliphatic rings. The first kappa shape index (κ1) is 13.8. The smallest absolute Gasteiger partial charge is 0.0684 e. The Morgan fingerprint density at radius 3 is 2.21 bits per heavy atom. The molecule has 3 heteroatoms. The molecule has 110 valence electrons. The van der Waals surface area contributed by atoms with E-state index in [1.807, 2.05) is 0 Å². The largest absolute Gasteiger partial charge is 0.392 e. The number of hydrogen-bond donors (Lipinski definition) is 1. The van der Waals surface area contributed by atoms with Crippen LogP contribution in [0.25, 0.3) is 0 Å². The zero-order valence-corrected chi connectivity index (χ0v) is 12.3. The second-order valence-corrected chi connectivity index (χ2v) is 7.02. The molecule has 3 nitrogen and oxygen atoms in total. The van der Waals surface area contributed by atoms with Gasteiger partial charge in [-0.05, 0) is 39.5 Å². The lowest BCUT2D eigenvalue weighted by atomic mass is 9.56. The van der Waals surface area contributed by atoms with E-state index in [2.05, 4.69) is 13.8 Å². The molecular formula is C16H28O3. The van der Waals surface area contributed by atoms with Crippen LogP contribution in [0.4, 0.5) is 0 Å². The van der Waals surface area contributed by atoms with Crippen LogP contribution >= 0.6 is 0 Å². The summed E-state index contributed by atoms with van der Waals surface area (Å²) in [6.45, 7) is 4.27. The van der Waals surface area contributed by atoms with Crippen molar-refractivity contribution in [3.8, 4) is 0 Å². The van der Waals surface area contributed by atoms with Crippen LogP contribution in [0, 0.1) is 5.41 Å². The average Bonchev–Trinajstić information content (AvgIpc) is 2.38. The summed E-state index contributed by atoms with van der Waals surface area (Å²) in [5.74, 6) is 0. The third-order valence-electron chi connectivity index (χ3n) is 5.54. The summed E-state index contributed by atoms with van der Waals surface area (Å²) in [7, 11) is 0. The van der Waals surface area contributed by atoms with Gasteiger partial charge in [-0.1, -0.05) is 19.3 Å². The van der Waals surface area contributed by atoms with Gasteiger partial charge in [0.15, 0.2) is 0 Å². The molecule has 1 aliphatic heterocycles. The van der Waals surface area contributed by atoms with Crippen LogP contribution in [-0.2, 0) is 9.47 Å². The van der Waals surface area contributed by atoms with E-state index in [9.17, 15) is 5.11 Å². The minimum Gasteiger partial charge on any atom is -0.392 e. The van der Waals surface area contributed by atoms with Crippen molar-refractivity contribution in [1.29, 1.82) is 0 Å². The Hall–Kier alpha value is -0.120. The Kier molecular flexibility index (Phi) is 3.89. The molecule has 1 N–H and O–H groups in total. The topological polar surface area (TPSA) is 38.7 Å². The number of rotatable bonds is 2. The number of aliphatic hydroxyl groups is 1. The monoisotopic (exact) mass is 268 g/mol. The fourth-order valence-electron chi connectivity index (χ4n) is 4.47. The Morgan fingerprint density at radius 1 is 1.00 bits per heavy atom. The zero-order valence-electron chi connectivity index (χ0n) is 12.3. The van der Waals surface area contributed by atoms with E-state index in [1.54, 1.807) is 0 Å². The van der Waals surface area contributed by atoms with Gasteiger partial charge in [0.25, 0.3) is 0 Å². The van der Waals surface area contributed by atoms with Gasteiger partial charge in [-0.3, -0.25) is 0 Å². The van der Waals surface area contributed by atoms with Crippen molar-refractivity contribution in [3.63, 3.8) is 0 Å². The summed E-state index contributed by atoms with van der Waals surface area (Å²) in [5, 5.41) is 10.2. The first-order valence-corrected chi connectivity index (χ1v) is 8.09. The van der Waals surface area contributed by atoms with Gasteiger partial charge in [0, 0.05) is 11.8 Å². The standard InChI is InChI=1S/C16H28O3/c1-11-8-13(9-12(2)18-11)19-15-10-14(17)16(15)6-4-3-5-7-16/h11-15,17H,3-10H2,1-2H3. The van der Waals surface area contributed by atoms with Crippen molar-refractivity contribution in [2.45, 2.75) is 95.7 Å². The molecule has 0 aromatic rings. The lowest BCUT2D eigenvalue weighted by Crippen LogP contribution is -2.60. The van der Waals surface area contributed by atoms with Gasteiger partial charge < -0.3 is 14.6 Å². The highest BCUT2D eigenvalue weighted by Gasteiger charge is 2.55. The minimum atomic E-state index is -0.118. The molecule has 2 saturated carbocycles. The lowest BCUT2D eigenvalue weighted by molar-refractivity contribution is -0.237. The van der Waals surface area contributed by atoms with Gasteiger partial charge in [-0.2, -0.15) is 0 Å². The van der Waals surface area contributed by atoms with Crippen LogP contribution in [-0.4, -0.2) is 35.6 Å². The van der Waals surface area contributed by atoms with Gasteiger partial charge in [-0.25, -0.2) is 0 Å². The van der Waals surface area contributed by atoms with E-state index in [1.165, 1.54) is 19.3 Å². The van der Waals surface area contributed by atoms with E-state index < -0.39 is 0 Å². The third kappa shape index (κ3) is 2.57. The predicted molar refractivity (Wildman–Crippen MR) is 74.0 cm³/mol. The average molecular weight is 268 g/mol. The first-order chi connectivity index (χ1) is 9.10. The molecule has 4 unspecified atom stereocenters. The van der Waals surface area contributed by atoms with Crippen molar-refractivity contribution in [2.24, 2.45) is 5.41 Å². The minimum absolute atomic E-state index is 0.100. The van der Waals surface area contributed by atoms with E-state index in [0.717, 1.165) is 32.1 Å². The Balaban J connectivity index is 1.60. The van der Waals surface area contributed by atoms with Crippen LogP contribution in [0.3, 0.4) is 0 Å². The van der Waals surface area contributed by atoms with Gasteiger partial charge in [0.05, 0.1) is 30.5 Å². The SMILES string of the molecule is CC1CC(OC2CC(O)C23CCCCC3)CC(C)O1. The third-order valence-corrected chi connectivity index (χ3v) is 5.54. The predicted octanol–water partition coefficient (Wildman–Crippen LogP) is 3.04. The van der Waals surface area contributed by atoms with E-state index >= 15 is 0 Å². The van der Waals surface area contributed by atoms with Crippen molar-refractivity contribution < 1.29 is 14.6 Å². The first-order valence-electron chi connectivity index (χ1n) is 8.09. The fraction of sp³-hybridized carbons (Fsp3) is 1.00. The quantitative estimate of drug-likeness (QED) is 0.836. The number of hydrogen-bond acceptors (Lipinski definition) is 3. The van der Waals surface area contributed by atoms with Gasteiger partial charge >= 0.3 is 0 Å². The summed E-state index contributed by atoms with van der Waals surface area (Å²) in [6.07, 6.45) is 10.2. The highest BCUT2D eigenvalue weighted by Crippen LogP contribution is 2.53. The Morgan fingerprint density at radius 2 is 1.63 bits per heavy atom. The number of ether oxygens (including phenoxy) is 2. The van der Waals surface area contributed by atoms with Crippen LogP contribution in [0.15, 0.2) is 0 Å². The maximum atomic E-state index is 10.2. The van der Waals surface area contributed by atoms with Crippen molar-refractivity contribution in [2.75, 3.05) is 0 Å². The highest BCUT2D eigenvalue weighted by molar-refractivity contribution is 5.05. The van der Waals surface area contributed by atoms with Crippen LogP contribution in [0.2, 0.25) is 0 Å². The normalized spacial score (nSPS) is 45.9. The summed E-state index contributed by atoms with van der Waals surface area (Å²) < 4.78 is 12.2. The molecule has 1 saturated heterocycles. The zero-order chi connectivity index (χ0) is 13.5. The Labute approximate surface area is 116 Å². The molecule has 3 fully saturated rings. The molecule has 0 amide bonds. The number of aliphatic hydroxyl groups excluding tert-OH is 1. The second-order valence-electron chi connectivity index (χ2n) is 7.02. The van der Waals surface area contributed by atoms with E-state index in [-0.39, 0.29) is 11.5 Å². The molecule has 0 aromatic carbocycles. The molecule has 0 aromatic heterocycles. The Bertz CT molecular complexity index is 301. The molecular weight excluding hydrogens is 240 g/mol. The van der Waals surface area contributed by atoms with Crippen molar-refractivity contribution in [3.05, 3.63) is 0 Å².